The predicted molar refractivity (Wildman–Crippen MR) is 142 cm³/mol. The molecule has 192 valence electrons. The molecule has 5 rings (SSSR count). The second-order valence-electron chi connectivity index (χ2n) is 8.66. The number of aromatic nitrogens is 3. The topological polar surface area (TPSA) is 105 Å². The van der Waals surface area contributed by atoms with Crippen molar-refractivity contribution in [3.8, 4) is 11.1 Å². The van der Waals surface area contributed by atoms with E-state index in [0.717, 1.165) is 21.0 Å². The van der Waals surface area contributed by atoms with E-state index in [1.54, 1.807) is 24.3 Å². The zero-order chi connectivity index (χ0) is 25.3. The van der Waals surface area contributed by atoms with Crippen LogP contribution in [0.3, 0.4) is 0 Å². The summed E-state index contributed by atoms with van der Waals surface area (Å²) < 4.78 is 30.5. The molecule has 2 atom stereocenters. The van der Waals surface area contributed by atoms with Crippen LogP contribution in [-0.2, 0) is 21.4 Å². The van der Waals surface area contributed by atoms with E-state index >= 15 is 0 Å². The van der Waals surface area contributed by atoms with Crippen molar-refractivity contribution < 1.29 is 18.3 Å². The lowest BCUT2D eigenvalue weighted by Crippen LogP contribution is -2.49. The first-order valence-corrected chi connectivity index (χ1v) is 13.1. The van der Waals surface area contributed by atoms with Gasteiger partial charge in [-0.25, -0.2) is 13.4 Å². The smallest absolute Gasteiger partial charge is 0.325 e. The third-order valence-electron chi connectivity index (χ3n) is 6.57. The van der Waals surface area contributed by atoms with Crippen LogP contribution in [0.25, 0.3) is 11.1 Å². The number of sulfonamides is 1. The van der Waals surface area contributed by atoms with Crippen LogP contribution >= 0.6 is 24.0 Å². The fraction of sp³-hybridized carbons (Fsp3) is 0.192. The van der Waals surface area contributed by atoms with Gasteiger partial charge in [-0.3, -0.25) is 9.48 Å². The SMILES string of the molecule is Cl.O=C(O)[C@@]1(N(CCn2cncn2)S(=O)(=O)c2ccc(-c3ccc(Cl)cc3)cc2)C[C@H]1c1ccccc1. The number of rotatable bonds is 9. The fourth-order valence-electron chi connectivity index (χ4n) is 4.61. The third-order valence-corrected chi connectivity index (χ3v) is 8.78. The van der Waals surface area contributed by atoms with Gasteiger partial charge < -0.3 is 5.11 Å². The molecule has 0 radical (unpaired) electrons. The molecule has 0 saturated heterocycles. The van der Waals surface area contributed by atoms with Gasteiger partial charge in [-0.15, -0.1) is 12.4 Å². The van der Waals surface area contributed by atoms with E-state index in [-0.39, 0.29) is 36.8 Å². The van der Waals surface area contributed by atoms with Crippen molar-refractivity contribution >= 4 is 40.0 Å². The van der Waals surface area contributed by atoms with Crippen LogP contribution in [0, 0.1) is 0 Å². The second kappa shape index (κ2) is 10.6. The van der Waals surface area contributed by atoms with E-state index in [2.05, 4.69) is 10.1 Å². The van der Waals surface area contributed by atoms with E-state index < -0.39 is 27.4 Å². The highest BCUT2D eigenvalue weighted by molar-refractivity contribution is 7.89. The molecule has 3 aromatic carbocycles. The molecule has 8 nitrogen and oxygen atoms in total. The highest BCUT2D eigenvalue weighted by atomic mass is 35.5. The Morgan fingerprint density at radius 2 is 1.65 bits per heavy atom. The summed E-state index contributed by atoms with van der Waals surface area (Å²) in [7, 11) is -4.17. The Morgan fingerprint density at radius 3 is 2.22 bits per heavy atom. The highest BCUT2D eigenvalue weighted by Crippen LogP contribution is 2.57. The zero-order valence-electron chi connectivity index (χ0n) is 19.5. The molecule has 11 heteroatoms. The maximum absolute atomic E-state index is 14.0. The summed E-state index contributed by atoms with van der Waals surface area (Å²) in [6.45, 7) is 0.0961. The number of aliphatic carboxylic acids is 1. The fourth-order valence-corrected chi connectivity index (χ4v) is 6.51. The van der Waals surface area contributed by atoms with Crippen LogP contribution in [0.15, 0.2) is 96.4 Å². The summed E-state index contributed by atoms with van der Waals surface area (Å²) in [5, 5.41) is 15.0. The van der Waals surface area contributed by atoms with Gasteiger partial charge in [0.15, 0.2) is 0 Å². The molecule has 1 saturated carbocycles. The lowest BCUT2D eigenvalue weighted by Gasteiger charge is -2.29. The number of hydrogen-bond donors (Lipinski definition) is 1. The Balaban J connectivity index is 0.00000320. The number of carboxylic acid groups (broad SMARTS) is 1. The van der Waals surface area contributed by atoms with E-state index in [9.17, 15) is 18.3 Å². The van der Waals surface area contributed by atoms with Gasteiger partial charge in [0.25, 0.3) is 0 Å². The number of carbonyl (C=O) groups is 1. The normalized spacial score (nSPS) is 18.8. The van der Waals surface area contributed by atoms with Crippen LogP contribution in [0.5, 0.6) is 0 Å². The summed E-state index contributed by atoms with van der Waals surface area (Å²) in [5.74, 6) is -1.63. The standard InChI is InChI=1S/C26H23ClN4O4S.ClH/c27-22-10-6-19(7-11-22)20-8-12-23(13-9-20)36(34,35)31(15-14-30-18-28-17-29-30)26(25(32)33)16-24(26)21-4-2-1-3-5-21;/h1-13,17-18,24H,14-16H2,(H,32,33);1H/t24-,26+;/m0./s1. The molecule has 1 fully saturated rings. The summed E-state index contributed by atoms with van der Waals surface area (Å²) in [6, 6.07) is 22.8. The number of benzene rings is 3. The Kier molecular flexibility index (Phi) is 7.70. The van der Waals surface area contributed by atoms with Gasteiger partial charge in [0, 0.05) is 17.5 Å². The molecule has 0 aliphatic heterocycles. The van der Waals surface area contributed by atoms with Crippen LogP contribution < -0.4 is 0 Å². The lowest BCUT2D eigenvalue weighted by atomic mass is 10.1. The molecule has 37 heavy (non-hydrogen) atoms. The summed E-state index contributed by atoms with van der Waals surface area (Å²) in [5.41, 5.74) is 0.912. The Bertz CT molecular complexity index is 1470. The molecule has 0 spiro atoms. The Morgan fingerprint density at radius 1 is 1.03 bits per heavy atom. The van der Waals surface area contributed by atoms with Crippen LogP contribution in [0.1, 0.15) is 17.9 Å². The van der Waals surface area contributed by atoms with E-state index in [1.807, 2.05) is 42.5 Å². The van der Waals surface area contributed by atoms with E-state index in [0.29, 0.717) is 5.02 Å². The lowest BCUT2D eigenvalue weighted by molar-refractivity contribution is -0.143. The summed E-state index contributed by atoms with van der Waals surface area (Å²) in [4.78, 5) is 16.6. The van der Waals surface area contributed by atoms with Gasteiger partial charge in [-0.2, -0.15) is 9.40 Å². The summed E-state index contributed by atoms with van der Waals surface area (Å²) in [6.07, 6.45) is 3.01. The number of carboxylic acids is 1. The molecule has 4 aromatic rings. The molecule has 0 amide bonds. The van der Waals surface area contributed by atoms with Gasteiger partial charge in [-0.1, -0.05) is 66.2 Å². The zero-order valence-corrected chi connectivity index (χ0v) is 21.9. The molecule has 1 aliphatic carbocycles. The largest absolute Gasteiger partial charge is 0.480 e. The van der Waals surface area contributed by atoms with Crippen LogP contribution in [-0.4, -0.2) is 50.6 Å². The molecule has 1 N–H and O–H groups in total. The van der Waals surface area contributed by atoms with Crippen molar-refractivity contribution in [2.24, 2.45) is 0 Å². The van der Waals surface area contributed by atoms with Gasteiger partial charge in [-0.05, 0) is 47.4 Å². The number of nitrogens with zero attached hydrogens (tertiary/aromatic N) is 4. The van der Waals surface area contributed by atoms with E-state index in [4.69, 9.17) is 11.6 Å². The van der Waals surface area contributed by atoms with Gasteiger partial charge in [0.2, 0.25) is 10.0 Å². The maximum atomic E-state index is 14.0. The molecule has 1 aliphatic rings. The minimum Gasteiger partial charge on any atom is -0.480 e. The Hall–Kier alpha value is -3.24. The molecular formula is C26H24Cl2N4O4S. The first-order valence-electron chi connectivity index (χ1n) is 11.3. The van der Waals surface area contributed by atoms with Gasteiger partial charge in [0.1, 0.15) is 18.2 Å². The van der Waals surface area contributed by atoms with Crippen molar-refractivity contribution in [3.63, 3.8) is 0 Å². The molecule has 0 unspecified atom stereocenters. The molecule has 1 heterocycles. The minimum atomic E-state index is -4.17. The molecular weight excluding hydrogens is 535 g/mol. The first-order chi connectivity index (χ1) is 17.3. The van der Waals surface area contributed by atoms with Crippen molar-refractivity contribution in [2.75, 3.05) is 6.54 Å². The van der Waals surface area contributed by atoms with Gasteiger partial charge >= 0.3 is 5.97 Å². The first kappa shape index (κ1) is 26.8. The summed E-state index contributed by atoms with van der Waals surface area (Å²) >= 11 is 5.97. The van der Waals surface area contributed by atoms with Gasteiger partial charge in [0.05, 0.1) is 11.4 Å². The number of halogens is 2. The average molecular weight is 559 g/mol. The van der Waals surface area contributed by atoms with Crippen molar-refractivity contribution in [3.05, 3.63) is 102 Å². The second-order valence-corrected chi connectivity index (χ2v) is 11.0. The van der Waals surface area contributed by atoms with Crippen molar-refractivity contribution in [2.45, 2.75) is 29.3 Å². The van der Waals surface area contributed by atoms with E-state index in [1.165, 1.54) is 29.5 Å². The molecule has 1 aromatic heterocycles. The third kappa shape index (κ3) is 5.13. The van der Waals surface area contributed by atoms with Crippen molar-refractivity contribution in [1.82, 2.24) is 19.1 Å². The minimum absolute atomic E-state index is 0. The highest BCUT2D eigenvalue weighted by Gasteiger charge is 2.67. The average Bonchev–Trinajstić information content (AvgIpc) is 3.42. The van der Waals surface area contributed by atoms with Crippen LogP contribution in [0.2, 0.25) is 5.02 Å². The monoisotopic (exact) mass is 558 g/mol. The predicted octanol–water partition coefficient (Wildman–Crippen LogP) is 4.72. The Labute approximate surface area is 226 Å². The van der Waals surface area contributed by atoms with Crippen molar-refractivity contribution in [1.29, 1.82) is 0 Å². The quantitative estimate of drug-likeness (QED) is 0.318. The van der Waals surface area contributed by atoms with Crippen LogP contribution in [0.4, 0.5) is 0 Å². The molecule has 0 bridgehead atoms. The maximum Gasteiger partial charge on any atom is 0.325 e. The number of hydrogen-bond acceptors (Lipinski definition) is 5.